The molecule has 3 heterocycles. The molecule has 1 amide bonds. The summed E-state index contributed by atoms with van der Waals surface area (Å²) in [6.45, 7) is 4.55. The van der Waals surface area contributed by atoms with Crippen LogP contribution in [0.4, 0.5) is 5.95 Å². The van der Waals surface area contributed by atoms with Crippen LogP contribution in [0.3, 0.4) is 0 Å². The summed E-state index contributed by atoms with van der Waals surface area (Å²) in [5.74, 6) is 0.229. The molecule has 0 bridgehead atoms. The van der Waals surface area contributed by atoms with Crippen molar-refractivity contribution in [2.45, 2.75) is 19.8 Å². The first-order valence-electron chi connectivity index (χ1n) is 7.53. The Bertz CT molecular complexity index is 803. The second-order valence-electron chi connectivity index (χ2n) is 5.36. The molecule has 0 aliphatic carbocycles. The Morgan fingerprint density at radius 1 is 1.43 bits per heavy atom. The van der Waals surface area contributed by atoms with Crippen LogP contribution in [0.5, 0.6) is 0 Å². The monoisotopic (exact) mass is 309 g/mol. The molecule has 2 aromatic heterocycles. The van der Waals surface area contributed by atoms with Crippen molar-refractivity contribution in [2.75, 3.05) is 12.3 Å². The summed E-state index contributed by atoms with van der Waals surface area (Å²) in [5.41, 5.74) is 9.80. The summed E-state index contributed by atoms with van der Waals surface area (Å²) in [6, 6.07) is 3.59. The topological polar surface area (TPSA) is 96.7 Å². The van der Waals surface area contributed by atoms with Gasteiger partial charge in [0.1, 0.15) is 0 Å². The quantitative estimate of drug-likeness (QED) is 0.758. The fourth-order valence-corrected chi connectivity index (χ4v) is 2.88. The van der Waals surface area contributed by atoms with Gasteiger partial charge in [0.25, 0.3) is 5.91 Å². The molecule has 0 spiro atoms. The smallest absolute Gasteiger partial charge is 0.253 e. The van der Waals surface area contributed by atoms with Gasteiger partial charge in [-0.05, 0) is 31.6 Å². The number of allylic oxidation sites excluding steroid dienone is 3. The van der Waals surface area contributed by atoms with E-state index in [4.69, 9.17) is 5.73 Å². The maximum atomic E-state index is 12.2. The van der Waals surface area contributed by atoms with Gasteiger partial charge in [0.05, 0.1) is 17.0 Å². The standard InChI is InChI=1S/C17H19N5O/c1-3-5-10(4-2)12-9-20-16(23)11-8-14(21-15(11)12)13-6-7-19-17(18)22-13/h3-8,12,21H,9H2,1-2H3,(H,20,23)(H2,18,19,22). The van der Waals surface area contributed by atoms with Crippen LogP contribution < -0.4 is 11.1 Å². The summed E-state index contributed by atoms with van der Waals surface area (Å²) in [6.07, 6.45) is 7.73. The highest BCUT2D eigenvalue weighted by Gasteiger charge is 2.29. The Morgan fingerprint density at radius 2 is 2.26 bits per heavy atom. The lowest BCUT2D eigenvalue weighted by atomic mass is 9.89. The van der Waals surface area contributed by atoms with E-state index < -0.39 is 0 Å². The second kappa shape index (κ2) is 6.08. The molecule has 0 radical (unpaired) electrons. The number of hydrogen-bond acceptors (Lipinski definition) is 4. The third kappa shape index (κ3) is 2.75. The van der Waals surface area contributed by atoms with Gasteiger partial charge in [-0.15, -0.1) is 0 Å². The summed E-state index contributed by atoms with van der Waals surface area (Å²) in [7, 11) is 0. The van der Waals surface area contributed by atoms with Crippen LogP contribution in [0.15, 0.2) is 42.1 Å². The van der Waals surface area contributed by atoms with Crippen LogP contribution >= 0.6 is 0 Å². The summed E-state index contributed by atoms with van der Waals surface area (Å²) < 4.78 is 0. The summed E-state index contributed by atoms with van der Waals surface area (Å²) in [5, 5.41) is 2.95. The van der Waals surface area contributed by atoms with E-state index in [1.165, 1.54) is 0 Å². The van der Waals surface area contributed by atoms with E-state index in [2.05, 4.69) is 32.4 Å². The van der Waals surface area contributed by atoms with E-state index in [0.717, 1.165) is 17.0 Å². The highest BCUT2D eigenvalue weighted by Crippen LogP contribution is 2.33. The zero-order chi connectivity index (χ0) is 16.4. The maximum Gasteiger partial charge on any atom is 0.253 e. The number of H-pyrrole nitrogens is 1. The molecule has 0 aromatic carbocycles. The third-order valence-electron chi connectivity index (χ3n) is 3.95. The van der Waals surface area contributed by atoms with Crippen LogP contribution in [0, 0.1) is 0 Å². The Morgan fingerprint density at radius 3 is 2.96 bits per heavy atom. The fourth-order valence-electron chi connectivity index (χ4n) is 2.88. The van der Waals surface area contributed by atoms with E-state index in [1.807, 2.05) is 26.0 Å². The van der Waals surface area contributed by atoms with E-state index in [0.29, 0.717) is 17.8 Å². The number of fused-ring (bicyclic) bond motifs is 1. The lowest BCUT2D eigenvalue weighted by Crippen LogP contribution is -2.35. The van der Waals surface area contributed by atoms with Gasteiger partial charge in [0.15, 0.2) is 0 Å². The SMILES string of the molecule is CC=CC(=CC)C1CNC(=O)c2cc(-c3ccnc(N)n3)[nH]c21. The zero-order valence-corrected chi connectivity index (χ0v) is 13.1. The molecule has 6 heteroatoms. The maximum absolute atomic E-state index is 12.2. The van der Waals surface area contributed by atoms with Crippen molar-refractivity contribution >= 4 is 11.9 Å². The molecule has 0 fully saturated rings. The van der Waals surface area contributed by atoms with Gasteiger partial charge in [-0.3, -0.25) is 4.79 Å². The van der Waals surface area contributed by atoms with Gasteiger partial charge < -0.3 is 16.0 Å². The van der Waals surface area contributed by atoms with Crippen molar-refractivity contribution in [1.29, 1.82) is 0 Å². The van der Waals surface area contributed by atoms with Gasteiger partial charge >= 0.3 is 0 Å². The number of anilines is 1. The molecule has 0 saturated carbocycles. The minimum atomic E-state index is -0.0725. The Labute approximate surface area is 134 Å². The number of nitrogens with one attached hydrogen (secondary N) is 2. The molecule has 1 aliphatic heterocycles. The highest BCUT2D eigenvalue weighted by atomic mass is 16.1. The number of aromatic nitrogens is 3. The first-order valence-corrected chi connectivity index (χ1v) is 7.53. The van der Waals surface area contributed by atoms with E-state index in [1.54, 1.807) is 12.3 Å². The van der Waals surface area contributed by atoms with Crippen molar-refractivity contribution < 1.29 is 4.79 Å². The second-order valence-corrected chi connectivity index (χ2v) is 5.36. The number of nitrogen functional groups attached to an aromatic ring is 1. The molecule has 23 heavy (non-hydrogen) atoms. The van der Waals surface area contributed by atoms with Crippen molar-refractivity contribution in [3.63, 3.8) is 0 Å². The lowest BCUT2D eigenvalue weighted by molar-refractivity contribution is 0.0942. The highest BCUT2D eigenvalue weighted by molar-refractivity contribution is 5.98. The van der Waals surface area contributed by atoms with Crippen LogP contribution in [0.1, 0.15) is 35.8 Å². The van der Waals surface area contributed by atoms with Gasteiger partial charge in [-0.25, -0.2) is 9.97 Å². The van der Waals surface area contributed by atoms with Crippen LogP contribution in [-0.4, -0.2) is 27.4 Å². The van der Waals surface area contributed by atoms with Crippen molar-refractivity contribution in [2.24, 2.45) is 0 Å². The van der Waals surface area contributed by atoms with E-state index in [-0.39, 0.29) is 17.8 Å². The predicted molar refractivity (Wildman–Crippen MR) is 89.9 cm³/mol. The molecule has 2 aromatic rings. The van der Waals surface area contributed by atoms with Gasteiger partial charge in [0, 0.05) is 24.4 Å². The normalized spacial score (nSPS) is 18.1. The number of carbonyl (C=O) groups excluding carboxylic acids is 1. The minimum absolute atomic E-state index is 0.0725. The number of aromatic amines is 1. The summed E-state index contributed by atoms with van der Waals surface area (Å²) >= 11 is 0. The molecule has 6 nitrogen and oxygen atoms in total. The van der Waals surface area contributed by atoms with Crippen LogP contribution in [0.25, 0.3) is 11.4 Å². The Kier molecular flexibility index (Phi) is 3.97. The number of rotatable bonds is 3. The van der Waals surface area contributed by atoms with Crippen LogP contribution in [0.2, 0.25) is 0 Å². The average Bonchev–Trinajstić information content (AvgIpc) is 3.00. The van der Waals surface area contributed by atoms with E-state index >= 15 is 0 Å². The van der Waals surface area contributed by atoms with Crippen molar-refractivity contribution in [3.05, 3.63) is 53.4 Å². The number of nitrogens with zero attached hydrogens (tertiary/aromatic N) is 2. The average molecular weight is 309 g/mol. The van der Waals surface area contributed by atoms with Gasteiger partial charge in [0.2, 0.25) is 5.95 Å². The first-order chi connectivity index (χ1) is 11.1. The Balaban J connectivity index is 2.08. The molecule has 1 unspecified atom stereocenters. The minimum Gasteiger partial charge on any atom is -0.368 e. The van der Waals surface area contributed by atoms with Crippen molar-refractivity contribution in [1.82, 2.24) is 20.3 Å². The third-order valence-corrected chi connectivity index (χ3v) is 3.95. The predicted octanol–water partition coefficient (Wildman–Crippen LogP) is 2.40. The van der Waals surface area contributed by atoms with Gasteiger partial charge in [-0.2, -0.15) is 0 Å². The number of nitrogens with two attached hydrogens (primary N) is 1. The van der Waals surface area contributed by atoms with Gasteiger partial charge in [-0.1, -0.05) is 18.2 Å². The zero-order valence-electron chi connectivity index (χ0n) is 13.1. The fraction of sp³-hybridized carbons (Fsp3) is 0.235. The molecule has 1 aliphatic rings. The molecule has 0 saturated heterocycles. The Hall–Kier alpha value is -2.89. The molecular formula is C17H19N5O. The largest absolute Gasteiger partial charge is 0.368 e. The molecule has 118 valence electrons. The first kappa shape index (κ1) is 15.0. The number of amides is 1. The molecule has 4 N–H and O–H groups in total. The number of hydrogen-bond donors (Lipinski definition) is 3. The van der Waals surface area contributed by atoms with Crippen molar-refractivity contribution in [3.8, 4) is 11.4 Å². The lowest BCUT2D eigenvalue weighted by Gasteiger charge is -2.24. The van der Waals surface area contributed by atoms with E-state index in [9.17, 15) is 4.79 Å². The molecular weight excluding hydrogens is 290 g/mol. The molecule has 3 rings (SSSR count). The van der Waals surface area contributed by atoms with Crippen LogP contribution in [-0.2, 0) is 0 Å². The number of carbonyl (C=O) groups is 1. The molecule has 1 atom stereocenters. The summed E-state index contributed by atoms with van der Waals surface area (Å²) in [4.78, 5) is 23.6.